The second-order valence-corrected chi connectivity index (χ2v) is 4.84. The summed E-state index contributed by atoms with van der Waals surface area (Å²) in [6.45, 7) is -0.0705. The van der Waals surface area contributed by atoms with Crippen molar-refractivity contribution in [2.24, 2.45) is 0 Å². The highest BCUT2D eigenvalue weighted by molar-refractivity contribution is 6.33. The summed E-state index contributed by atoms with van der Waals surface area (Å²) in [7, 11) is 1.54. The molecule has 1 aromatic heterocycles. The number of amides is 2. The van der Waals surface area contributed by atoms with Crippen LogP contribution in [-0.2, 0) is 4.79 Å². The first kappa shape index (κ1) is 15.0. The van der Waals surface area contributed by atoms with Crippen LogP contribution < -0.4 is 5.32 Å². The Morgan fingerprint density at radius 2 is 1.95 bits per heavy atom. The summed E-state index contributed by atoms with van der Waals surface area (Å²) in [5, 5.41) is 3.02. The third-order valence-electron chi connectivity index (χ3n) is 2.78. The SMILES string of the molecule is CN(CC(=O)Nc1ccccc1)C(=O)c1cnccc1Cl. The Balaban J connectivity index is 1.98. The number of anilines is 1. The number of nitrogens with zero attached hydrogens (tertiary/aromatic N) is 2. The zero-order valence-electron chi connectivity index (χ0n) is 11.4. The molecule has 0 bridgehead atoms. The first-order chi connectivity index (χ1) is 10.1. The van der Waals surface area contributed by atoms with E-state index in [1.165, 1.54) is 30.4 Å². The largest absolute Gasteiger partial charge is 0.332 e. The zero-order valence-corrected chi connectivity index (χ0v) is 12.2. The lowest BCUT2D eigenvalue weighted by atomic mass is 10.2. The molecule has 2 rings (SSSR count). The molecule has 1 aromatic carbocycles. The molecule has 2 aromatic rings. The molecular weight excluding hydrogens is 290 g/mol. The van der Waals surface area contributed by atoms with Crippen molar-refractivity contribution in [1.29, 1.82) is 0 Å². The molecule has 1 heterocycles. The first-order valence-corrected chi connectivity index (χ1v) is 6.65. The fourth-order valence-corrected chi connectivity index (χ4v) is 1.94. The molecule has 0 atom stereocenters. The number of likely N-dealkylation sites (N-methyl/N-ethyl adjacent to an activating group) is 1. The van der Waals surface area contributed by atoms with Crippen molar-refractivity contribution in [2.75, 3.05) is 18.9 Å². The number of para-hydroxylation sites is 1. The Morgan fingerprint density at radius 3 is 2.62 bits per heavy atom. The third kappa shape index (κ3) is 4.03. The Morgan fingerprint density at radius 1 is 1.24 bits per heavy atom. The number of carbonyl (C=O) groups excluding carboxylic acids is 2. The molecule has 108 valence electrons. The van der Waals surface area contributed by atoms with Crippen LogP contribution in [0.1, 0.15) is 10.4 Å². The Labute approximate surface area is 127 Å². The fraction of sp³-hybridized carbons (Fsp3) is 0.133. The van der Waals surface area contributed by atoms with Crippen LogP contribution in [0.15, 0.2) is 48.8 Å². The summed E-state index contributed by atoms with van der Waals surface area (Å²) >= 11 is 5.94. The van der Waals surface area contributed by atoms with E-state index in [0.717, 1.165) is 0 Å². The van der Waals surface area contributed by atoms with Gasteiger partial charge in [0.2, 0.25) is 5.91 Å². The van der Waals surface area contributed by atoms with E-state index >= 15 is 0 Å². The number of aromatic nitrogens is 1. The molecule has 21 heavy (non-hydrogen) atoms. The number of nitrogens with one attached hydrogen (secondary N) is 1. The average molecular weight is 304 g/mol. The fourth-order valence-electron chi connectivity index (χ4n) is 1.75. The van der Waals surface area contributed by atoms with Gasteiger partial charge in [-0.2, -0.15) is 0 Å². The number of benzene rings is 1. The smallest absolute Gasteiger partial charge is 0.257 e. The van der Waals surface area contributed by atoms with Crippen molar-refractivity contribution < 1.29 is 9.59 Å². The molecule has 2 amide bonds. The van der Waals surface area contributed by atoms with E-state index in [1.54, 1.807) is 12.1 Å². The van der Waals surface area contributed by atoms with E-state index < -0.39 is 0 Å². The van der Waals surface area contributed by atoms with E-state index in [9.17, 15) is 9.59 Å². The lowest BCUT2D eigenvalue weighted by molar-refractivity contribution is -0.116. The van der Waals surface area contributed by atoms with Gasteiger partial charge in [-0.05, 0) is 18.2 Å². The standard InChI is InChI=1S/C15H14ClN3O2/c1-19(15(21)12-9-17-8-7-13(12)16)10-14(20)18-11-5-3-2-4-6-11/h2-9H,10H2,1H3,(H,18,20). The number of pyridine rings is 1. The minimum atomic E-state index is -0.351. The lowest BCUT2D eigenvalue weighted by Crippen LogP contribution is -2.35. The quantitative estimate of drug-likeness (QED) is 0.943. The second kappa shape index (κ2) is 6.85. The number of hydrogen-bond donors (Lipinski definition) is 1. The summed E-state index contributed by atoms with van der Waals surface area (Å²) < 4.78 is 0. The molecule has 0 spiro atoms. The highest BCUT2D eigenvalue weighted by atomic mass is 35.5. The Bertz CT molecular complexity index is 646. The van der Waals surface area contributed by atoms with Gasteiger partial charge < -0.3 is 10.2 Å². The first-order valence-electron chi connectivity index (χ1n) is 6.28. The predicted molar refractivity (Wildman–Crippen MR) is 81.3 cm³/mol. The maximum atomic E-state index is 12.2. The molecule has 0 aliphatic rings. The molecular formula is C15H14ClN3O2. The number of rotatable bonds is 4. The van der Waals surface area contributed by atoms with Gasteiger partial charge in [-0.25, -0.2) is 0 Å². The van der Waals surface area contributed by atoms with E-state index in [2.05, 4.69) is 10.3 Å². The van der Waals surface area contributed by atoms with Gasteiger partial charge in [-0.3, -0.25) is 14.6 Å². The van der Waals surface area contributed by atoms with Crippen molar-refractivity contribution in [1.82, 2.24) is 9.88 Å². The van der Waals surface area contributed by atoms with Crippen LogP contribution >= 0.6 is 11.6 Å². The lowest BCUT2D eigenvalue weighted by Gasteiger charge is -2.17. The van der Waals surface area contributed by atoms with E-state index in [-0.39, 0.29) is 23.9 Å². The van der Waals surface area contributed by atoms with Gasteiger partial charge in [0.15, 0.2) is 0 Å². The van der Waals surface area contributed by atoms with E-state index in [1.807, 2.05) is 18.2 Å². The van der Waals surface area contributed by atoms with Gasteiger partial charge >= 0.3 is 0 Å². The highest BCUT2D eigenvalue weighted by Gasteiger charge is 2.17. The second-order valence-electron chi connectivity index (χ2n) is 4.43. The minimum Gasteiger partial charge on any atom is -0.332 e. The maximum Gasteiger partial charge on any atom is 0.257 e. The predicted octanol–water partition coefficient (Wildman–Crippen LogP) is 2.45. The third-order valence-corrected chi connectivity index (χ3v) is 3.11. The summed E-state index contributed by atoms with van der Waals surface area (Å²) in [5.74, 6) is -0.631. The summed E-state index contributed by atoms with van der Waals surface area (Å²) in [6.07, 6.45) is 2.89. The topological polar surface area (TPSA) is 62.3 Å². The van der Waals surface area contributed by atoms with Crippen LogP contribution in [0.2, 0.25) is 5.02 Å². The molecule has 0 aliphatic heterocycles. The molecule has 0 saturated carbocycles. The van der Waals surface area contributed by atoms with Gasteiger partial charge in [-0.1, -0.05) is 29.8 Å². The molecule has 0 radical (unpaired) electrons. The normalized spacial score (nSPS) is 10.0. The van der Waals surface area contributed by atoms with Crippen LogP contribution in [0.25, 0.3) is 0 Å². The van der Waals surface area contributed by atoms with E-state index in [4.69, 9.17) is 11.6 Å². The van der Waals surface area contributed by atoms with Gasteiger partial charge in [0.05, 0.1) is 17.1 Å². The molecule has 5 nitrogen and oxygen atoms in total. The minimum absolute atomic E-state index is 0.0705. The van der Waals surface area contributed by atoms with Crippen LogP contribution in [-0.4, -0.2) is 35.3 Å². The molecule has 0 saturated heterocycles. The van der Waals surface area contributed by atoms with Gasteiger partial charge in [-0.15, -0.1) is 0 Å². The van der Waals surface area contributed by atoms with Crippen LogP contribution in [0.5, 0.6) is 0 Å². The van der Waals surface area contributed by atoms with Crippen molar-refractivity contribution >= 4 is 29.1 Å². The van der Waals surface area contributed by atoms with Crippen molar-refractivity contribution in [3.05, 3.63) is 59.4 Å². The summed E-state index contributed by atoms with van der Waals surface area (Å²) in [4.78, 5) is 29.2. The monoisotopic (exact) mass is 303 g/mol. The van der Waals surface area contributed by atoms with Crippen LogP contribution in [0, 0.1) is 0 Å². The van der Waals surface area contributed by atoms with Gasteiger partial charge in [0, 0.05) is 25.1 Å². The molecule has 0 unspecified atom stereocenters. The van der Waals surface area contributed by atoms with Crippen molar-refractivity contribution in [3.8, 4) is 0 Å². The summed E-state index contributed by atoms with van der Waals surface area (Å²) in [6, 6.07) is 10.6. The highest BCUT2D eigenvalue weighted by Crippen LogP contribution is 2.15. The number of hydrogen-bond acceptors (Lipinski definition) is 3. The van der Waals surface area contributed by atoms with Crippen LogP contribution in [0.3, 0.4) is 0 Å². The number of halogens is 1. The van der Waals surface area contributed by atoms with Crippen molar-refractivity contribution in [2.45, 2.75) is 0 Å². The Hall–Kier alpha value is -2.40. The van der Waals surface area contributed by atoms with Crippen LogP contribution in [0.4, 0.5) is 5.69 Å². The Kier molecular flexibility index (Phi) is 4.90. The van der Waals surface area contributed by atoms with Gasteiger partial charge in [0.1, 0.15) is 0 Å². The summed E-state index contributed by atoms with van der Waals surface area (Å²) in [5.41, 5.74) is 0.955. The van der Waals surface area contributed by atoms with E-state index in [0.29, 0.717) is 10.7 Å². The molecule has 0 aliphatic carbocycles. The van der Waals surface area contributed by atoms with Crippen molar-refractivity contribution in [3.63, 3.8) is 0 Å². The number of carbonyl (C=O) groups is 2. The average Bonchev–Trinajstić information content (AvgIpc) is 2.48. The van der Waals surface area contributed by atoms with Gasteiger partial charge in [0.25, 0.3) is 5.91 Å². The molecule has 0 fully saturated rings. The maximum absolute atomic E-state index is 12.2. The molecule has 1 N–H and O–H groups in total. The zero-order chi connectivity index (χ0) is 15.2. The molecule has 6 heteroatoms.